The van der Waals surface area contributed by atoms with Crippen LogP contribution in [0.5, 0.6) is 5.75 Å². The molecule has 1 N–H and O–H groups in total. The largest absolute Gasteiger partial charge is 0.494 e. The molecule has 1 aromatic rings. The molecule has 1 aromatic carbocycles. The average Bonchev–Trinajstić information content (AvgIpc) is 2.29. The fraction of sp³-hybridized carbons (Fsp3) is 0.600. The second-order valence-corrected chi connectivity index (χ2v) is 5.17. The molecule has 102 valence electrons. The maximum absolute atomic E-state index is 5.49. The minimum absolute atomic E-state index is 0.107. The van der Waals surface area contributed by atoms with Gasteiger partial charge in [0.1, 0.15) is 5.75 Å². The van der Waals surface area contributed by atoms with E-state index >= 15 is 0 Å². The minimum atomic E-state index is -0.107. The normalized spacial score (nSPS) is 13.2. The molecule has 0 aliphatic heterocycles. The van der Waals surface area contributed by atoms with Crippen molar-refractivity contribution >= 4 is 5.69 Å². The van der Waals surface area contributed by atoms with E-state index in [1.54, 1.807) is 7.11 Å². The number of benzene rings is 1. The number of hydrogen-bond acceptors (Lipinski definition) is 3. The molecule has 1 unspecified atom stereocenters. The van der Waals surface area contributed by atoms with Gasteiger partial charge in [-0.05, 0) is 46.2 Å². The van der Waals surface area contributed by atoms with Crippen molar-refractivity contribution in [2.45, 2.75) is 45.8 Å². The molecular weight excluding hydrogens is 226 g/mol. The Labute approximate surface area is 110 Å². The second kappa shape index (κ2) is 6.64. The number of methoxy groups -OCH3 is 1. The van der Waals surface area contributed by atoms with Crippen LogP contribution in [0.15, 0.2) is 24.3 Å². The van der Waals surface area contributed by atoms with Crippen LogP contribution < -0.4 is 10.1 Å². The molecule has 3 nitrogen and oxygen atoms in total. The standard InChI is InChI=1S/C15H25NO2/c1-6-18-14-9-7-8-13(10-14)16-12(2)11-15(3,4)17-5/h7-10,12,16H,6,11H2,1-5H3. The van der Waals surface area contributed by atoms with Crippen molar-refractivity contribution in [3.05, 3.63) is 24.3 Å². The van der Waals surface area contributed by atoms with Crippen LogP contribution >= 0.6 is 0 Å². The van der Waals surface area contributed by atoms with E-state index in [1.807, 2.05) is 25.1 Å². The van der Waals surface area contributed by atoms with Gasteiger partial charge in [-0.3, -0.25) is 0 Å². The van der Waals surface area contributed by atoms with E-state index in [9.17, 15) is 0 Å². The van der Waals surface area contributed by atoms with Gasteiger partial charge in [0.2, 0.25) is 0 Å². The molecule has 1 atom stereocenters. The molecule has 0 fully saturated rings. The molecule has 0 spiro atoms. The summed E-state index contributed by atoms with van der Waals surface area (Å²) in [5.41, 5.74) is 0.976. The van der Waals surface area contributed by atoms with Crippen molar-refractivity contribution in [2.24, 2.45) is 0 Å². The van der Waals surface area contributed by atoms with Crippen LogP contribution in [0, 0.1) is 0 Å². The summed E-state index contributed by atoms with van der Waals surface area (Å²) in [6.45, 7) is 9.04. The summed E-state index contributed by atoms with van der Waals surface area (Å²) in [5.74, 6) is 0.903. The number of rotatable bonds is 7. The topological polar surface area (TPSA) is 30.5 Å². The van der Waals surface area contributed by atoms with Gasteiger partial charge in [0.15, 0.2) is 0 Å². The molecule has 0 saturated heterocycles. The van der Waals surface area contributed by atoms with E-state index in [-0.39, 0.29) is 5.60 Å². The van der Waals surface area contributed by atoms with Gasteiger partial charge >= 0.3 is 0 Å². The molecule has 0 bridgehead atoms. The highest BCUT2D eigenvalue weighted by Crippen LogP contribution is 2.21. The van der Waals surface area contributed by atoms with Gasteiger partial charge < -0.3 is 14.8 Å². The Bertz CT molecular complexity index is 363. The molecule has 18 heavy (non-hydrogen) atoms. The summed E-state index contributed by atoms with van der Waals surface area (Å²) in [7, 11) is 1.75. The summed E-state index contributed by atoms with van der Waals surface area (Å²) in [4.78, 5) is 0. The van der Waals surface area contributed by atoms with Gasteiger partial charge in [0.05, 0.1) is 12.2 Å². The highest BCUT2D eigenvalue weighted by Gasteiger charge is 2.19. The van der Waals surface area contributed by atoms with Gasteiger partial charge in [-0.25, -0.2) is 0 Å². The van der Waals surface area contributed by atoms with E-state index in [0.717, 1.165) is 17.9 Å². The zero-order chi connectivity index (χ0) is 13.6. The monoisotopic (exact) mass is 251 g/mol. The molecule has 3 heteroatoms. The van der Waals surface area contributed by atoms with Crippen LogP contribution in [0.25, 0.3) is 0 Å². The SMILES string of the molecule is CCOc1cccc(NC(C)CC(C)(C)OC)c1. The molecule has 1 rings (SSSR count). The lowest BCUT2D eigenvalue weighted by molar-refractivity contribution is 0.0128. The summed E-state index contributed by atoms with van der Waals surface area (Å²) in [6, 6.07) is 8.40. The van der Waals surface area contributed by atoms with Crippen LogP contribution in [0.2, 0.25) is 0 Å². The van der Waals surface area contributed by atoms with Crippen LogP contribution in [0.1, 0.15) is 34.1 Å². The first kappa shape index (κ1) is 14.8. The first-order valence-electron chi connectivity index (χ1n) is 6.51. The molecule has 0 amide bonds. The Hall–Kier alpha value is -1.22. The van der Waals surface area contributed by atoms with Crippen molar-refractivity contribution in [3.63, 3.8) is 0 Å². The summed E-state index contributed by atoms with van der Waals surface area (Å²) < 4.78 is 10.9. The first-order valence-corrected chi connectivity index (χ1v) is 6.51. The predicted octanol–water partition coefficient (Wildman–Crippen LogP) is 3.70. The molecule has 0 radical (unpaired) electrons. The Morgan fingerprint density at radius 2 is 2.06 bits per heavy atom. The maximum Gasteiger partial charge on any atom is 0.121 e. The Balaban J connectivity index is 2.58. The van der Waals surface area contributed by atoms with E-state index in [1.165, 1.54) is 0 Å². The number of nitrogens with one attached hydrogen (secondary N) is 1. The zero-order valence-electron chi connectivity index (χ0n) is 12.1. The third-order valence-electron chi connectivity index (χ3n) is 2.91. The Morgan fingerprint density at radius 1 is 1.33 bits per heavy atom. The van der Waals surface area contributed by atoms with Crippen LogP contribution in [0.3, 0.4) is 0 Å². The number of anilines is 1. The fourth-order valence-corrected chi connectivity index (χ4v) is 2.00. The van der Waals surface area contributed by atoms with Gasteiger partial charge in [0, 0.05) is 24.9 Å². The zero-order valence-corrected chi connectivity index (χ0v) is 12.1. The van der Waals surface area contributed by atoms with E-state index < -0.39 is 0 Å². The quantitative estimate of drug-likeness (QED) is 0.801. The van der Waals surface area contributed by atoms with Gasteiger partial charge in [-0.1, -0.05) is 6.07 Å². The van der Waals surface area contributed by atoms with Gasteiger partial charge in [-0.2, -0.15) is 0 Å². The first-order chi connectivity index (χ1) is 8.46. The lowest BCUT2D eigenvalue weighted by Gasteiger charge is -2.27. The maximum atomic E-state index is 5.49. The summed E-state index contributed by atoms with van der Waals surface area (Å²) in [6.07, 6.45) is 0.947. The molecule has 0 aliphatic rings. The number of ether oxygens (including phenoxy) is 2. The van der Waals surface area contributed by atoms with Crippen molar-refractivity contribution in [2.75, 3.05) is 19.0 Å². The average molecular weight is 251 g/mol. The predicted molar refractivity (Wildman–Crippen MR) is 76.4 cm³/mol. The summed E-state index contributed by atoms with van der Waals surface area (Å²) >= 11 is 0. The molecular formula is C15H25NO2. The third-order valence-corrected chi connectivity index (χ3v) is 2.91. The van der Waals surface area contributed by atoms with Crippen molar-refractivity contribution in [1.82, 2.24) is 0 Å². The number of hydrogen-bond donors (Lipinski definition) is 1. The molecule has 0 aliphatic carbocycles. The van der Waals surface area contributed by atoms with Crippen molar-refractivity contribution in [1.29, 1.82) is 0 Å². The van der Waals surface area contributed by atoms with E-state index in [0.29, 0.717) is 12.6 Å². The lowest BCUT2D eigenvalue weighted by atomic mass is 10.00. The highest BCUT2D eigenvalue weighted by molar-refractivity contribution is 5.48. The van der Waals surface area contributed by atoms with E-state index in [2.05, 4.69) is 32.2 Å². The summed E-state index contributed by atoms with van der Waals surface area (Å²) in [5, 5.41) is 3.47. The van der Waals surface area contributed by atoms with Gasteiger partial charge in [0.25, 0.3) is 0 Å². The van der Waals surface area contributed by atoms with Crippen molar-refractivity contribution in [3.8, 4) is 5.75 Å². The highest BCUT2D eigenvalue weighted by atomic mass is 16.5. The lowest BCUT2D eigenvalue weighted by Crippen LogP contribution is -2.31. The molecule has 0 aromatic heterocycles. The smallest absolute Gasteiger partial charge is 0.121 e. The molecule has 0 heterocycles. The van der Waals surface area contributed by atoms with Crippen LogP contribution in [-0.2, 0) is 4.74 Å². The third kappa shape index (κ3) is 4.96. The Morgan fingerprint density at radius 3 is 2.67 bits per heavy atom. The minimum Gasteiger partial charge on any atom is -0.494 e. The van der Waals surface area contributed by atoms with Crippen LogP contribution in [0.4, 0.5) is 5.69 Å². The van der Waals surface area contributed by atoms with E-state index in [4.69, 9.17) is 9.47 Å². The van der Waals surface area contributed by atoms with Crippen molar-refractivity contribution < 1.29 is 9.47 Å². The van der Waals surface area contributed by atoms with Gasteiger partial charge in [-0.15, -0.1) is 0 Å². The Kier molecular flexibility index (Phi) is 5.48. The van der Waals surface area contributed by atoms with Crippen LogP contribution in [-0.4, -0.2) is 25.4 Å². The second-order valence-electron chi connectivity index (χ2n) is 5.17. The molecule has 0 saturated carbocycles. The fourth-order valence-electron chi connectivity index (χ4n) is 2.00.